The number of likely N-dealkylation sites (tertiary alicyclic amines) is 1. The maximum absolute atomic E-state index is 12.6. The molecule has 3 rings (SSSR count). The molecule has 2 fully saturated rings. The van der Waals surface area contributed by atoms with E-state index in [0.29, 0.717) is 19.5 Å². The number of β-lactam (4-membered cyclic amide) rings is 1. The van der Waals surface area contributed by atoms with Gasteiger partial charge in [-0.1, -0.05) is 18.9 Å². The Labute approximate surface area is 131 Å². The number of carbonyl (C=O) groups is 2. The molecule has 2 aliphatic rings. The number of hydrogen-bond donors (Lipinski definition) is 1. The molecular weight excluding hydrogens is 278 g/mol. The minimum Gasteiger partial charge on any atom is -0.354 e. The van der Waals surface area contributed by atoms with Crippen molar-refractivity contribution in [3.63, 3.8) is 0 Å². The summed E-state index contributed by atoms with van der Waals surface area (Å²) in [6.45, 7) is 3.11. The SMILES string of the molecule is CCN1C(=O)C2(CCCC2)C1C(=O)NCCc1ccccn1. The number of amides is 2. The summed E-state index contributed by atoms with van der Waals surface area (Å²) in [5.74, 6) is 0.177. The lowest BCUT2D eigenvalue weighted by molar-refractivity contribution is -0.176. The summed E-state index contributed by atoms with van der Waals surface area (Å²) in [7, 11) is 0. The molecule has 1 N–H and O–H groups in total. The van der Waals surface area contributed by atoms with Gasteiger partial charge in [0.1, 0.15) is 6.04 Å². The molecule has 1 aliphatic heterocycles. The van der Waals surface area contributed by atoms with Crippen LogP contribution in [0.25, 0.3) is 0 Å². The molecule has 0 bridgehead atoms. The van der Waals surface area contributed by atoms with E-state index in [-0.39, 0.29) is 17.9 Å². The molecule has 1 atom stereocenters. The van der Waals surface area contributed by atoms with Crippen molar-refractivity contribution in [1.29, 1.82) is 0 Å². The maximum Gasteiger partial charge on any atom is 0.243 e. The fourth-order valence-corrected chi connectivity index (χ4v) is 3.92. The van der Waals surface area contributed by atoms with Crippen molar-refractivity contribution in [2.24, 2.45) is 5.41 Å². The van der Waals surface area contributed by atoms with Gasteiger partial charge in [0.2, 0.25) is 11.8 Å². The van der Waals surface area contributed by atoms with Gasteiger partial charge in [-0.25, -0.2) is 0 Å². The van der Waals surface area contributed by atoms with Crippen LogP contribution in [-0.4, -0.2) is 40.8 Å². The molecule has 1 aromatic heterocycles. The summed E-state index contributed by atoms with van der Waals surface area (Å²) in [5, 5.41) is 3.00. The van der Waals surface area contributed by atoms with E-state index < -0.39 is 5.41 Å². The number of rotatable bonds is 5. The van der Waals surface area contributed by atoms with Crippen LogP contribution in [0.1, 0.15) is 38.3 Å². The number of nitrogens with zero attached hydrogens (tertiary/aromatic N) is 2. The minimum absolute atomic E-state index is 0.000666. The smallest absolute Gasteiger partial charge is 0.243 e. The zero-order chi connectivity index (χ0) is 15.6. The van der Waals surface area contributed by atoms with E-state index in [1.54, 1.807) is 11.1 Å². The van der Waals surface area contributed by atoms with Gasteiger partial charge < -0.3 is 10.2 Å². The van der Waals surface area contributed by atoms with Gasteiger partial charge in [-0.15, -0.1) is 0 Å². The van der Waals surface area contributed by atoms with Gasteiger partial charge in [0.05, 0.1) is 5.41 Å². The second-order valence-corrected chi connectivity index (χ2v) is 6.22. The van der Waals surface area contributed by atoms with Crippen molar-refractivity contribution in [3.05, 3.63) is 30.1 Å². The van der Waals surface area contributed by atoms with Crippen molar-refractivity contribution in [2.45, 2.75) is 45.1 Å². The third-order valence-corrected chi connectivity index (χ3v) is 5.01. The van der Waals surface area contributed by atoms with Crippen LogP contribution in [0, 0.1) is 5.41 Å². The summed E-state index contributed by atoms with van der Waals surface area (Å²) in [5.41, 5.74) is 0.570. The Hall–Kier alpha value is -1.91. The number of nitrogens with one attached hydrogen (secondary N) is 1. The Morgan fingerprint density at radius 1 is 1.41 bits per heavy atom. The van der Waals surface area contributed by atoms with Crippen LogP contribution in [0.5, 0.6) is 0 Å². The molecule has 1 aromatic rings. The zero-order valence-corrected chi connectivity index (χ0v) is 13.0. The summed E-state index contributed by atoms with van der Waals surface area (Å²) >= 11 is 0. The van der Waals surface area contributed by atoms with Crippen LogP contribution >= 0.6 is 0 Å². The van der Waals surface area contributed by atoms with E-state index in [4.69, 9.17) is 0 Å². The molecule has 2 heterocycles. The Morgan fingerprint density at radius 3 is 2.82 bits per heavy atom. The maximum atomic E-state index is 12.6. The lowest BCUT2D eigenvalue weighted by Gasteiger charge is -2.53. The lowest BCUT2D eigenvalue weighted by Crippen LogP contribution is -2.72. The van der Waals surface area contributed by atoms with Crippen molar-refractivity contribution < 1.29 is 9.59 Å². The highest BCUT2D eigenvalue weighted by atomic mass is 16.2. The highest BCUT2D eigenvalue weighted by Gasteiger charge is 2.63. The van der Waals surface area contributed by atoms with Crippen LogP contribution in [0.15, 0.2) is 24.4 Å². The van der Waals surface area contributed by atoms with Crippen LogP contribution in [0.2, 0.25) is 0 Å². The second-order valence-electron chi connectivity index (χ2n) is 6.22. The molecule has 1 saturated heterocycles. The predicted octanol–water partition coefficient (Wildman–Crippen LogP) is 1.53. The average Bonchev–Trinajstić information content (AvgIpc) is 3.04. The van der Waals surface area contributed by atoms with E-state index in [9.17, 15) is 9.59 Å². The monoisotopic (exact) mass is 301 g/mol. The molecule has 2 amide bonds. The van der Waals surface area contributed by atoms with Crippen molar-refractivity contribution in [3.8, 4) is 0 Å². The Bertz CT molecular complexity index is 552. The molecule has 1 aliphatic carbocycles. The van der Waals surface area contributed by atoms with Crippen molar-refractivity contribution in [2.75, 3.05) is 13.1 Å². The third-order valence-electron chi connectivity index (χ3n) is 5.01. The lowest BCUT2D eigenvalue weighted by atomic mass is 9.68. The fourth-order valence-electron chi connectivity index (χ4n) is 3.92. The van der Waals surface area contributed by atoms with E-state index in [1.165, 1.54) is 0 Å². The minimum atomic E-state index is -0.398. The molecule has 1 saturated carbocycles. The van der Waals surface area contributed by atoms with Gasteiger partial charge in [-0.2, -0.15) is 0 Å². The van der Waals surface area contributed by atoms with Gasteiger partial charge in [-0.3, -0.25) is 14.6 Å². The van der Waals surface area contributed by atoms with Gasteiger partial charge >= 0.3 is 0 Å². The van der Waals surface area contributed by atoms with Crippen molar-refractivity contribution in [1.82, 2.24) is 15.2 Å². The first-order valence-corrected chi connectivity index (χ1v) is 8.18. The van der Waals surface area contributed by atoms with Gasteiger partial charge in [0, 0.05) is 31.4 Å². The predicted molar refractivity (Wildman–Crippen MR) is 83.0 cm³/mol. The number of pyridine rings is 1. The number of hydrogen-bond acceptors (Lipinski definition) is 3. The molecule has 0 aromatic carbocycles. The number of aromatic nitrogens is 1. The first-order valence-electron chi connectivity index (χ1n) is 8.18. The van der Waals surface area contributed by atoms with Gasteiger partial charge in [-0.05, 0) is 31.9 Å². The molecule has 1 unspecified atom stereocenters. The molecule has 5 heteroatoms. The number of carbonyl (C=O) groups excluding carboxylic acids is 2. The highest BCUT2D eigenvalue weighted by Crippen LogP contribution is 2.51. The average molecular weight is 301 g/mol. The second kappa shape index (κ2) is 6.07. The molecule has 22 heavy (non-hydrogen) atoms. The van der Waals surface area contributed by atoms with Crippen LogP contribution < -0.4 is 5.32 Å². The normalized spacial score (nSPS) is 22.7. The summed E-state index contributed by atoms with van der Waals surface area (Å²) in [6, 6.07) is 5.51. The van der Waals surface area contributed by atoms with E-state index in [1.807, 2.05) is 25.1 Å². The molecule has 0 radical (unpaired) electrons. The van der Waals surface area contributed by atoms with Crippen molar-refractivity contribution >= 4 is 11.8 Å². The summed E-state index contributed by atoms with van der Waals surface area (Å²) in [4.78, 5) is 30.9. The Balaban J connectivity index is 1.59. The van der Waals surface area contributed by atoms with E-state index in [2.05, 4.69) is 10.3 Å². The van der Waals surface area contributed by atoms with Crippen LogP contribution in [0.4, 0.5) is 0 Å². The quantitative estimate of drug-likeness (QED) is 0.839. The zero-order valence-electron chi connectivity index (χ0n) is 13.0. The summed E-state index contributed by atoms with van der Waals surface area (Å²) in [6.07, 6.45) is 6.31. The Kier molecular flexibility index (Phi) is 4.14. The van der Waals surface area contributed by atoms with Gasteiger partial charge in [0.25, 0.3) is 0 Å². The largest absolute Gasteiger partial charge is 0.354 e. The summed E-state index contributed by atoms with van der Waals surface area (Å²) < 4.78 is 0. The Morgan fingerprint density at radius 2 is 2.18 bits per heavy atom. The molecular formula is C17H23N3O2. The number of likely N-dealkylation sites (N-methyl/N-ethyl adjacent to an activating group) is 1. The third kappa shape index (κ3) is 2.38. The van der Waals surface area contributed by atoms with Gasteiger partial charge in [0.15, 0.2) is 0 Å². The first kappa shape index (κ1) is 15.0. The molecule has 118 valence electrons. The molecule has 1 spiro atoms. The highest BCUT2D eigenvalue weighted by molar-refractivity contribution is 6.02. The van der Waals surface area contributed by atoms with Crippen LogP contribution in [-0.2, 0) is 16.0 Å². The fraction of sp³-hybridized carbons (Fsp3) is 0.588. The standard InChI is InChI=1S/C17H23N3O2/c1-2-20-14(17(16(20)22)9-4-5-10-17)15(21)19-12-8-13-7-3-6-11-18-13/h3,6-7,11,14H,2,4-5,8-10,12H2,1H3,(H,19,21). The molecule has 5 nitrogen and oxygen atoms in total. The topological polar surface area (TPSA) is 62.3 Å². The van der Waals surface area contributed by atoms with E-state index in [0.717, 1.165) is 31.4 Å². The van der Waals surface area contributed by atoms with E-state index >= 15 is 0 Å². The first-order chi connectivity index (χ1) is 10.7. The van der Waals surface area contributed by atoms with Crippen LogP contribution in [0.3, 0.4) is 0 Å².